The molecule has 1 saturated heterocycles. The lowest BCUT2D eigenvalue weighted by atomic mass is 10.1. The molecule has 0 aromatic heterocycles. The Morgan fingerprint density at radius 3 is 3.12 bits per heavy atom. The van der Waals surface area contributed by atoms with Gasteiger partial charge in [0.05, 0.1) is 6.07 Å². The number of allylic oxidation sites excluding steroid dienone is 2. The second kappa shape index (κ2) is 4.89. The van der Waals surface area contributed by atoms with Crippen molar-refractivity contribution in [1.82, 2.24) is 4.90 Å². The Bertz CT molecular complexity index is 455. The van der Waals surface area contributed by atoms with Crippen molar-refractivity contribution >= 4 is 5.91 Å². The largest absolute Gasteiger partial charge is 0.315 e. The first-order valence-electron chi connectivity index (χ1n) is 5.69. The fourth-order valence-corrected chi connectivity index (χ4v) is 2.46. The lowest BCUT2D eigenvalue weighted by Crippen LogP contribution is -2.24. The first kappa shape index (κ1) is 11.5. The Morgan fingerprint density at radius 2 is 2.41 bits per heavy atom. The number of carbonyl (C=O) groups is 1. The zero-order valence-electron chi connectivity index (χ0n) is 9.46. The number of hydrogen-bond acceptors (Lipinski definition) is 3. The predicted molar refractivity (Wildman–Crippen MR) is 60.3 cm³/mol. The number of azide groups is 1. The highest BCUT2D eigenvalue weighted by Gasteiger charge is 2.33. The fourth-order valence-electron chi connectivity index (χ4n) is 2.46. The summed E-state index contributed by atoms with van der Waals surface area (Å²) in [7, 11) is 0. The second-order valence-corrected chi connectivity index (χ2v) is 4.38. The number of rotatable bonds is 3. The maximum Gasteiger partial charge on any atom is 0.227 e. The molecule has 1 aliphatic heterocycles. The van der Waals surface area contributed by atoms with Crippen molar-refractivity contribution in [2.24, 2.45) is 11.0 Å². The van der Waals surface area contributed by atoms with Crippen LogP contribution in [0.5, 0.6) is 0 Å². The van der Waals surface area contributed by atoms with E-state index < -0.39 is 0 Å². The van der Waals surface area contributed by atoms with Gasteiger partial charge >= 0.3 is 0 Å². The van der Waals surface area contributed by atoms with Gasteiger partial charge in [-0.15, -0.1) is 0 Å². The van der Waals surface area contributed by atoms with E-state index in [2.05, 4.69) is 16.1 Å². The topological polar surface area (TPSA) is 92.9 Å². The van der Waals surface area contributed by atoms with Crippen LogP contribution in [0.25, 0.3) is 10.4 Å². The number of amides is 1. The molecule has 0 aromatic rings. The van der Waals surface area contributed by atoms with Crippen molar-refractivity contribution in [1.29, 1.82) is 5.26 Å². The van der Waals surface area contributed by atoms with Crippen LogP contribution in [0.3, 0.4) is 0 Å². The average molecular weight is 231 g/mol. The van der Waals surface area contributed by atoms with Crippen molar-refractivity contribution < 1.29 is 4.79 Å². The van der Waals surface area contributed by atoms with E-state index in [0.717, 1.165) is 30.5 Å². The van der Waals surface area contributed by atoms with Crippen LogP contribution < -0.4 is 0 Å². The molecule has 0 saturated carbocycles. The van der Waals surface area contributed by atoms with Crippen LogP contribution in [0.1, 0.15) is 25.7 Å². The molecule has 1 unspecified atom stereocenters. The molecule has 0 aromatic carbocycles. The normalized spacial score (nSPS) is 23.8. The minimum absolute atomic E-state index is 0.0489. The Morgan fingerprint density at radius 1 is 1.59 bits per heavy atom. The van der Waals surface area contributed by atoms with Gasteiger partial charge in [0.1, 0.15) is 0 Å². The van der Waals surface area contributed by atoms with Crippen molar-refractivity contribution in [2.75, 3.05) is 13.1 Å². The molecule has 88 valence electrons. The van der Waals surface area contributed by atoms with Gasteiger partial charge in [-0.2, -0.15) is 5.26 Å². The van der Waals surface area contributed by atoms with Crippen LogP contribution in [-0.4, -0.2) is 23.9 Å². The third-order valence-corrected chi connectivity index (χ3v) is 3.26. The Balaban J connectivity index is 2.11. The molecular weight excluding hydrogens is 218 g/mol. The first-order chi connectivity index (χ1) is 8.26. The van der Waals surface area contributed by atoms with Crippen LogP contribution in [-0.2, 0) is 4.79 Å². The molecule has 0 bridgehead atoms. The third-order valence-electron chi connectivity index (χ3n) is 3.26. The van der Waals surface area contributed by atoms with Crippen molar-refractivity contribution in [3.05, 3.63) is 21.7 Å². The van der Waals surface area contributed by atoms with Crippen LogP contribution in [0.4, 0.5) is 0 Å². The Labute approximate surface area is 99.1 Å². The maximum absolute atomic E-state index is 11.8. The summed E-state index contributed by atoms with van der Waals surface area (Å²) in [5, 5.41) is 12.5. The second-order valence-electron chi connectivity index (χ2n) is 4.38. The summed E-state index contributed by atoms with van der Waals surface area (Å²) in [6, 6.07) is 2.17. The fraction of sp³-hybridized carbons (Fsp3) is 0.636. The lowest BCUT2D eigenvalue weighted by Gasteiger charge is -2.18. The molecular formula is C11H13N5O. The molecule has 2 rings (SSSR count). The van der Waals surface area contributed by atoms with Gasteiger partial charge in [-0.3, -0.25) is 4.79 Å². The highest BCUT2D eigenvalue weighted by molar-refractivity contribution is 5.81. The maximum atomic E-state index is 11.8. The summed E-state index contributed by atoms with van der Waals surface area (Å²) in [4.78, 5) is 16.3. The van der Waals surface area contributed by atoms with Crippen LogP contribution in [0.2, 0.25) is 0 Å². The minimum atomic E-state index is 0.0489. The van der Waals surface area contributed by atoms with Gasteiger partial charge in [0.25, 0.3) is 0 Å². The van der Waals surface area contributed by atoms with E-state index >= 15 is 0 Å². The summed E-state index contributed by atoms with van der Waals surface area (Å²) in [6.45, 7) is 0.937. The zero-order chi connectivity index (χ0) is 12.3. The van der Waals surface area contributed by atoms with Gasteiger partial charge in [0.15, 0.2) is 0 Å². The summed E-state index contributed by atoms with van der Waals surface area (Å²) in [5.41, 5.74) is 9.89. The van der Waals surface area contributed by atoms with E-state index in [4.69, 9.17) is 10.8 Å². The van der Waals surface area contributed by atoms with Crippen LogP contribution >= 0.6 is 0 Å². The summed E-state index contributed by atoms with van der Waals surface area (Å²) < 4.78 is 0. The number of nitriles is 1. The third kappa shape index (κ3) is 2.24. The molecule has 6 nitrogen and oxygen atoms in total. The van der Waals surface area contributed by atoms with E-state index in [0.29, 0.717) is 19.5 Å². The monoisotopic (exact) mass is 231 g/mol. The van der Waals surface area contributed by atoms with E-state index in [1.807, 2.05) is 0 Å². The summed E-state index contributed by atoms with van der Waals surface area (Å²) in [6.07, 6.45) is 2.95. The molecule has 1 atom stereocenters. The summed E-state index contributed by atoms with van der Waals surface area (Å²) >= 11 is 0. The van der Waals surface area contributed by atoms with Gasteiger partial charge in [-0.1, -0.05) is 5.11 Å². The zero-order valence-corrected chi connectivity index (χ0v) is 9.46. The standard InChI is InChI=1S/C11H13N5O/c12-5-9-2-1-3-10(9)16-7-8(4-11(16)17)6-14-15-13/h8H,1-4,6-7H2. The number of carbonyl (C=O) groups excluding carboxylic acids is 1. The van der Waals surface area contributed by atoms with Gasteiger partial charge in [0, 0.05) is 35.7 Å². The summed E-state index contributed by atoms with van der Waals surface area (Å²) in [5.74, 6) is 0.138. The predicted octanol–water partition coefficient (Wildman–Crippen LogP) is 2.11. The molecule has 0 spiro atoms. The minimum Gasteiger partial charge on any atom is -0.315 e. The number of hydrogen-bond donors (Lipinski definition) is 0. The van der Waals surface area contributed by atoms with Gasteiger partial charge in [-0.05, 0) is 30.7 Å². The number of likely N-dealkylation sites (tertiary alicyclic amines) is 1. The highest BCUT2D eigenvalue weighted by atomic mass is 16.2. The quantitative estimate of drug-likeness (QED) is 0.422. The van der Waals surface area contributed by atoms with Crippen LogP contribution in [0, 0.1) is 17.2 Å². The van der Waals surface area contributed by atoms with E-state index in [9.17, 15) is 4.79 Å². The van der Waals surface area contributed by atoms with Crippen molar-refractivity contribution in [3.8, 4) is 6.07 Å². The van der Waals surface area contributed by atoms with Gasteiger partial charge in [0.2, 0.25) is 5.91 Å². The highest BCUT2D eigenvalue weighted by Crippen LogP contribution is 2.32. The van der Waals surface area contributed by atoms with Crippen molar-refractivity contribution in [2.45, 2.75) is 25.7 Å². The Hall–Kier alpha value is -1.99. The van der Waals surface area contributed by atoms with Crippen molar-refractivity contribution in [3.63, 3.8) is 0 Å². The molecule has 0 radical (unpaired) electrons. The van der Waals surface area contributed by atoms with E-state index in [1.54, 1.807) is 4.90 Å². The average Bonchev–Trinajstić information content (AvgIpc) is 2.92. The van der Waals surface area contributed by atoms with E-state index in [1.165, 1.54) is 0 Å². The molecule has 17 heavy (non-hydrogen) atoms. The number of nitrogens with zero attached hydrogens (tertiary/aromatic N) is 5. The SMILES string of the molecule is N#CC1=C(N2CC(CN=[N+]=[N-])CC2=O)CCC1. The molecule has 1 aliphatic carbocycles. The van der Waals surface area contributed by atoms with Gasteiger partial charge < -0.3 is 4.90 Å². The molecule has 1 fully saturated rings. The van der Waals surface area contributed by atoms with Crippen LogP contribution in [0.15, 0.2) is 16.4 Å². The van der Waals surface area contributed by atoms with Gasteiger partial charge in [-0.25, -0.2) is 0 Å². The molecule has 1 heterocycles. The Kier molecular flexibility index (Phi) is 3.31. The molecule has 2 aliphatic rings. The lowest BCUT2D eigenvalue weighted by molar-refractivity contribution is -0.126. The smallest absolute Gasteiger partial charge is 0.227 e. The molecule has 6 heteroatoms. The molecule has 1 amide bonds. The molecule has 0 N–H and O–H groups in total. The van der Waals surface area contributed by atoms with E-state index in [-0.39, 0.29) is 11.8 Å². The first-order valence-corrected chi connectivity index (χ1v) is 5.69.